The Labute approximate surface area is 121 Å². The van der Waals surface area contributed by atoms with Crippen LogP contribution in [0.5, 0.6) is 0 Å². The second-order valence-corrected chi connectivity index (χ2v) is 5.25. The molecule has 2 aromatic heterocycles. The lowest BCUT2D eigenvalue weighted by Gasteiger charge is -2.15. The van der Waals surface area contributed by atoms with E-state index in [1.807, 2.05) is 24.4 Å². The molecule has 0 fully saturated rings. The Morgan fingerprint density at radius 3 is 2.58 bits per heavy atom. The minimum atomic E-state index is -0.0342. The summed E-state index contributed by atoms with van der Waals surface area (Å²) in [6, 6.07) is 8.02. The molecule has 19 heavy (non-hydrogen) atoms. The van der Waals surface area contributed by atoms with Crippen molar-refractivity contribution in [3.05, 3.63) is 58.1 Å². The molecule has 2 aromatic rings. The highest BCUT2D eigenvalue weighted by Crippen LogP contribution is 2.17. The van der Waals surface area contributed by atoms with E-state index in [1.54, 1.807) is 6.20 Å². The monoisotopic (exact) mass is 320 g/mol. The highest BCUT2D eigenvalue weighted by molar-refractivity contribution is 9.10. The van der Waals surface area contributed by atoms with E-state index in [9.17, 15) is 0 Å². The van der Waals surface area contributed by atoms with Crippen molar-refractivity contribution in [1.82, 2.24) is 15.4 Å². The summed E-state index contributed by atoms with van der Waals surface area (Å²) in [7, 11) is 0. The van der Waals surface area contributed by atoms with E-state index in [-0.39, 0.29) is 6.04 Å². The zero-order valence-electron chi connectivity index (χ0n) is 10.8. The van der Waals surface area contributed by atoms with Gasteiger partial charge in [0, 0.05) is 29.0 Å². The summed E-state index contributed by atoms with van der Waals surface area (Å²) >= 11 is 3.37. The second-order valence-electron chi connectivity index (χ2n) is 4.34. The van der Waals surface area contributed by atoms with Crippen molar-refractivity contribution >= 4 is 15.9 Å². The molecule has 0 radical (unpaired) electrons. The Balaban J connectivity index is 2.11. The Bertz CT molecular complexity index is 510. The van der Waals surface area contributed by atoms with Crippen LogP contribution in [0.4, 0.5) is 0 Å². The summed E-state index contributed by atoms with van der Waals surface area (Å²) < 4.78 is 0.956. The van der Waals surface area contributed by atoms with Crippen LogP contribution in [0.2, 0.25) is 0 Å². The van der Waals surface area contributed by atoms with Crippen molar-refractivity contribution in [2.24, 2.45) is 5.84 Å². The number of hydrazine groups is 1. The predicted octanol–water partition coefficient (Wildman–Crippen LogP) is 2.55. The molecule has 3 N–H and O–H groups in total. The summed E-state index contributed by atoms with van der Waals surface area (Å²) in [6.45, 7) is 2.12. The van der Waals surface area contributed by atoms with E-state index >= 15 is 0 Å². The number of aromatic nitrogens is 2. The standard InChI is InChI=1S/C14H17BrN4/c1-2-10-3-5-12(17-8-10)7-14(19-16)13-6-4-11(15)9-18-13/h3-6,8-9,14,19H,2,7,16H2,1H3. The fourth-order valence-corrected chi connectivity index (χ4v) is 2.07. The lowest BCUT2D eigenvalue weighted by atomic mass is 10.1. The number of aryl methyl sites for hydroxylation is 1. The maximum Gasteiger partial charge on any atom is 0.0687 e. The first-order chi connectivity index (χ1) is 9.22. The quantitative estimate of drug-likeness (QED) is 0.656. The van der Waals surface area contributed by atoms with Gasteiger partial charge in [0.1, 0.15) is 0 Å². The van der Waals surface area contributed by atoms with Crippen molar-refractivity contribution in [2.75, 3.05) is 0 Å². The summed E-state index contributed by atoms with van der Waals surface area (Å²) in [5, 5.41) is 0. The Morgan fingerprint density at radius 1 is 1.21 bits per heavy atom. The Morgan fingerprint density at radius 2 is 2.05 bits per heavy atom. The molecule has 0 aliphatic carbocycles. The maximum absolute atomic E-state index is 5.62. The molecule has 0 amide bonds. The van der Waals surface area contributed by atoms with Crippen LogP contribution in [0.25, 0.3) is 0 Å². The van der Waals surface area contributed by atoms with Crippen LogP contribution in [-0.4, -0.2) is 9.97 Å². The molecule has 2 heterocycles. The van der Waals surface area contributed by atoms with Crippen molar-refractivity contribution in [3.63, 3.8) is 0 Å². The van der Waals surface area contributed by atoms with Crippen LogP contribution in [0.15, 0.2) is 41.1 Å². The number of hydrogen-bond acceptors (Lipinski definition) is 4. The molecule has 0 spiro atoms. The number of nitrogens with zero attached hydrogens (tertiary/aromatic N) is 2. The zero-order chi connectivity index (χ0) is 13.7. The van der Waals surface area contributed by atoms with E-state index in [0.717, 1.165) is 28.7 Å². The highest BCUT2D eigenvalue weighted by atomic mass is 79.9. The molecule has 2 rings (SSSR count). The van der Waals surface area contributed by atoms with Crippen molar-refractivity contribution in [3.8, 4) is 0 Å². The minimum absolute atomic E-state index is 0.0342. The number of nitrogens with two attached hydrogens (primary N) is 1. The predicted molar refractivity (Wildman–Crippen MR) is 79.3 cm³/mol. The van der Waals surface area contributed by atoms with Gasteiger partial charge in [-0.25, -0.2) is 0 Å². The van der Waals surface area contributed by atoms with Gasteiger partial charge in [-0.3, -0.25) is 21.2 Å². The van der Waals surface area contributed by atoms with Gasteiger partial charge in [-0.2, -0.15) is 0 Å². The molecule has 1 atom stereocenters. The first kappa shape index (κ1) is 14.1. The number of halogens is 1. The van der Waals surface area contributed by atoms with Gasteiger partial charge in [0.15, 0.2) is 0 Å². The molecule has 0 aromatic carbocycles. The van der Waals surface area contributed by atoms with Gasteiger partial charge < -0.3 is 0 Å². The molecule has 4 nitrogen and oxygen atoms in total. The summed E-state index contributed by atoms with van der Waals surface area (Å²) in [6.07, 6.45) is 5.40. The number of pyridine rings is 2. The molecule has 1 unspecified atom stereocenters. The van der Waals surface area contributed by atoms with Crippen LogP contribution in [-0.2, 0) is 12.8 Å². The number of hydrogen-bond donors (Lipinski definition) is 2. The van der Waals surface area contributed by atoms with Gasteiger partial charge in [0.25, 0.3) is 0 Å². The van der Waals surface area contributed by atoms with Gasteiger partial charge >= 0.3 is 0 Å². The molecule has 0 bridgehead atoms. The third-order valence-corrected chi connectivity index (χ3v) is 3.49. The van der Waals surface area contributed by atoms with Crippen molar-refractivity contribution in [2.45, 2.75) is 25.8 Å². The van der Waals surface area contributed by atoms with Gasteiger partial charge in [-0.05, 0) is 46.1 Å². The highest BCUT2D eigenvalue weighted by Gasteiger charge is 2.12. The third kappa shape index (κ3) is 3.83. The Hall–Kier alpha value is -1.30. The molecular formula is C14H17BrN4. The minimum Gasteiger partial charge on any atom is -0.271 e. The Kier molecular flexibility index (Phi) is 5.01. The van der Waals surface area contributed by atoms with Crippen LogP contribution in [0.1, 0.15) is 29.9 Å². The van der Waals surface area contributed by atoms with Gasteiger partial charge in [-0.1, -0.05) is 13.0 Å². The smallest absolute Gasteiger partial charge is 0.0687 e. The van der Waals surface area contributed by atoms with Crippen molar-refractivity contribution < 1.29 is 0 Å². The lowest BCUT2D eigenvalue weighted by molar-refractivity contribution is 0.532. The molecule has 5 heteroatoms. The maximum atomic E-state index is 5.62. The number of nitrogens with one attached hydrogen (secondary N) is 1. The summed E-state index contributed by atoms with van der Waals surface area (Å²) in [4.78, 5) is 8.81. The van der Waals surface area contributed by atoms with E-state index in [0.29, 0.717) is 0 Å². The van der Waals surface area contributed by atoms with E-state index < -0.39 is 0 Å². The largest absolute Gasteiger partial charge is 0.271 e. The third-order valence-electron chi connectivity index (χ3n) is 3.02. The van der Waals surface area contributed by atoms with Crippen LogP contribution < -0.4 is 11.3 Å². The number of rotatable bonds is 5. The first-order valence-electron chi connectivity index (χ1n) is 6.24. The van der Waals surface area contributed by atoms with Gasteiger partial charge in [-0.15, -0.1) is 0 Å². The molecule has 100 valence electrons. The summed E-state index contributed by atoms with van der Waals surface area (Å²) in [5.41, 5.74) is 5.95. The second kappa shape index (κ2) is 6.75. The molecule has 0 saturated carbocycles. The molecule has 0 aliphatic heterocycles. The van der Waals surface area contributed by atoms with E-state index in [1.165, 1.54) is 5.56 Å². The van der Waals surface area contributed by atoms with E-state index in [4.69, 9.17) is 5.84 Å². The fraction of sp³-hybridized carbons (Fsp3) is 0.286. The average molecular weight is 321 g/mol. The normalized spacial score (nSPS) is 12.4. The fourth-order valence-electron chi connectivity index (χ4n) is 1.84. The topological polar surface area (TPSA) is 63.8 Å². The van der Waals surface area contributed by atoms with Crippen LogP contribution in [0.3, 0.4) is 0 Å². The van der Waals surface area contributed by atoms with Gasteiger partial charge in [0.05, 0.1) is 11.7 Å². The van der Waals surface area contributed by atoms with Crippen molar-refractivity contribution in [1.29, 1.82) is 0 Å². The average Bonchev–Trinajstić information content (AvgIpc) is 2.46. The molecular weight excluding hydrogens is 304 g/mol. The lowest BCUT2D eigenvalue weighted by Crippen LogP contribution is -2.30. The molecule has 0 saturated heterocycles. The van der Waals surface area contributed by atoms with Crippen LogP contribution in [0, 0.1) is 0 Å². The zero-order valence-corrected chi connectivity index (χ0v) is 12.4. The van der Waals surface area contributed by atoms with Crippen LogP contribution >= 0.6 is 15.9 Å². The van der Waals surface area contributed by atoms with E-state index in [2.05, 4.69) is 44.3 Å². The summed E-state index contributed by atoms with van der Waals surface area (Å²) in [5.74, 6) is 5.62. The van der Waals surface area contributed by atoms with Gasteiger partial charge in [0.2, 0.25) is 0 Å². The molecule has 0 aliphatic rings. The first-order valence-corrected chi connectivity index (χ1v) is 7.03. The SMILES string of the molecule is CCc1ccc(CC(NN)c2ccc(Br)cn2)nc1.